The number of benzene rings is 1. The molecule has 134 heavy (non-hydrogen) atoms. The lowest BCUT2D eigenvalue weighted by molar-refractivity contribution is -0.179. The van der Waals surface area contributed by atoms with Crippen LogP contribution in [0.4, 0.5) is 5.69 Å². The van der Waals surface area contributed by atoms with Crippen LogP contribution in [0.15, 0.2) is 30.3 Å². The maximum absolute atomic E-state index is 13.4. The zero-order chi connectivity index (χ0) is 104. The molecule has 33 nitrogen and oxygen atoms in total. The van der Waals surface area contributed by atoms with Gasteiger partial charge in [-0.15, -0.1) is 12.4 Å². The number of hydrogen-bond donors (Lipinski definition) is 4. The first-order valence-corrected chi connectivity index (χ1v) is 50.7. The molecule has 0 radical (unpaired) electrons. The number of aromatic nitrogens is 8. The number of nitrogens with zero attached hydrogens (tertiary/aromatic N) is 8. The maximum Gasteiger partial charge on any atom is 0.331 e. The summed E-state index contributed by atoms with van der Waals surface area (Å²) in [4.78, 5) is 146. The number of aryl methyl sites for hydroxylation is 4. The summed E-state index contributed by atoms with van der Waals surface area (Å²) < 4.78 is 66.9. The van der Waals surface area contributed by atoms with Crippen LogP contribution in [0.25, 0.3) is 0 Å². The number of amidine groups is 1. The molecule has 0 amide bonds. The lowest BCUT2D eigenvalue weighted by atomic mass is 9.82. The van der Waals surface area contributed by atoms with Crippen LogP contribution in [0.2, 0.25) is 8.93 Å². The van der Waals surface area contributed by atoms with Crippen molar-refractivity contribution in [3.63, 3.8) is 0 Å². The number of nitrogens with two attached hydrogens (primary N) is 2. The van der Waals surface area contributed by atoms with E-state index in [4.69, 9.17) is 133 Å². The number of esters is 10. The van der Waals surface area contributed by atoms with Gasteiger partial charge in [-0.25, -0.2) is 19.9 Å². The largest absolute Gasteiger partial charge is 0.481 e. The summed E-state index contributed by atoms with van der Waals surface area (Å²) in [7, 11) is 5.65. The minimum Gasteiger partial charge on any atom is -0.481 e. The van der Waals surface area contributed by atoms with Crippen LogP contribution >= 0.6 is 154 Å². The zero-order valence-corrected chi connectivity index (χ0v) is 93.6. The molecule has 0 aliphatic carbocycles. The number of para-hydroxylation sites is 1. The smallest absolute Gasteiger partial charge is 0.331 e. The normalized spacial score (nSPS) is 11.2. The van der Waals surface area contributed by atoms with E-state index in [2.05, 4.69) is 53.4 Å². The maximum atomic E-state index is 13.4. The van der Waals surface area contributed by atoms with Crippen LogP contribution in [0, 0.1) is 39.0 Å². The number of rotatable bonds is 36. The molecular formula is C88H145BrCl7N11O22S5. The molecular weight excluding hydrogens is 2050 g/mol. The molecule has 1 aromatic carbocycles. The molecule has 1 unspecified atom stereocenters. The Kier molecular flexibility index (Phi) is 77.2. The molecule has 0 saturated carbocycles. The molecule has 5 aromatic rings. The number of carbonyl (C=O) groups is 11. The van der Waals surface area contributed by atoms with Gasteiger partial charge in [-0.3, -0.25) is 58.1 Å². The number of carboxylic acids is 1. The van der Waals surface area contributed by atoms with E-state index in [0.29, 0.717) is 127 Å². The molecule has 0 fully saturated rings. The standard InChI is InChI=1S/C22H36N2O6S.C19H34O6.C13H20N2O4S.C11H20O4.C8H15BrO2.C6H7N.2C3H3ClN2S.C2H6N2.CCl4S.ClH/c1-9-28-16(25)13-11-10-12-14-22(17-23-15(2)24-31-17,18(26)29-20(3,4)5)19(27)30-21(6,7)8;1-8-23-15(20)13-11-9-10-12-14(16(21)24-18(2,3)4)17(22)25-19(5,6)7;1-3-19-11(16)8-6-4-5-7-10(13(17)18)12-14-9(2)15-20-12;1-10(2,3)14-8(12)7-9(13)15-11(4,5)6;1-2-11-8(10)6-4-3-5-7-9;7-6-4-2-1-3-5-6;2*1-2-5-3(4)7-6-2;1-2(3)4;2-1(3,4)6-5;/h9-14H2,1-8H3;14H,8-13H2,1-7H3;10H,3-8H2,1-2H3,(H,17,18);7H2,1-6H3;2-7H2,1H3;1-5H,7H2;2*1H3;1H3,(H3,3,4);;1H. The summed E-state index contributed by atoms with van der Waals surface area (Å²) >= 11 is 33.9. The van der Waals surface area contributed by atoms with Crippen molar-refractivity contribution in [1.29, 1.82) is 5.41 Å². The number of aliphatic carboxylic acids is 1. The van der Waals surface area contributed by atoms with Crippen molar-refractivity contribution in [2.75, 3.05) is 37.5 Å². The predicted octanol–water partition coefficient (Wildman–Crippen LogP) is 23.0. The fraction of sp³-hybridized carbons (Fsp3) is 0.705. The van der Waals surface area contributed by atoms with Crippen LogP contribution < -0.4 is 11.5 Å². The zero-order valence-electron chi connectivity index (χ0n) is 82.6. The number of nitrogens with one attached hydrogen (secondary N) is 1. The average Bonchev–Trinajstić information content (AvgIpc) is 1.45. The van der Waals surface area contributed by atoms with Gasteiger partial charge in [0, 0.05) is 47.7 Å². The number of carboxylic acid groups (broad SMARTS) is 1. The van der Waals surface area contributed by atoms with Crippen molar-refractivity contribution in [3.05, 3.63) is 72.6 Å². The third-order valence-electron chi connectivity index (χ3n) is 14.3. The van der Waals surface area contributed by atoms with Gasteiger partial charge in [-0.1, -0.05) is 114 Å². The topological polar surface area (TPSA) is 479 Å². The second-order valence-electron chi connectivity index (χ2n) is 34.4. The Morgan fingerprint density at radius 3 is 1.01 bits per heavy atom. The van der Waals surface area contributed by atoms with E-state index in [1.54, 1.807) is 159 Å². The average molecular weight is 2200 g/mol. The quantitative estimate of drug-likeness (QED) is 0.00423. The summed E-state index contributed by atoms with van der Waals surface area (Å²) in [5.41, 5.74) is 5.10. The Balaban J connectivity index is -0.000000359. The molecule has 0 saturated heterocycles. The van der Waals surface area contributed by atoms with Gasteiger partial charge in [0.05, 0.1) is 32.3 Å². The van der Waals surface area contributed by atoms with E-state index in [9.17, 15) is 57.8 Å². The SMILES string of the molecule is CC(=N)N.CC(C)(C)OC(=O)CC(=O)OC(C)(C)C.CCOC(=O)CCCCCBr.CCOC(=O)CCCCCC(C(=O)O)c1nc(C)ns1.CCOC(=O)CCCCCC(C(=O)OC(C)(C)C)(C(=O)OC(C)(C)C)c1nc(C)ns1.CCOC(=O)CCCCCC(C(=O)OC(C)(C)C)C(=O)OC(C)(C)C.Cc1nsc(Cl)n1.Cc1nsc(Cl)n1.Cl.ClSC(Cl)(Cl)Cl.Nc1ccccc1. The molecule has 0 spiro atoms. The molecule has 5 rings (SSSR count). The number of nitrogen functional groups attached to an aromatic ring is 1. The molecule has 6 N–H and O–H groups in total. The molecule has 1 atom stereocenters. The molecule has 0 aliphatic rings. The first-order chi connectivity index (χ1) is 61.2. The first kappa shape index (κ1) is 138. The third kappa shape index (κ3) is 85.0. The summed E-state index contributed by atoms with van der Waals surface area (Å²) in [6.07, 6.45) is 11.5. The molecule has 0 bridgehead atoms. The number of alkyl halides is 4. The highest BCUT2D eigenvalue weighted by molar-refractivity contribution is 9.09. The first-order valence-electron chi connectivity index (χ1n) is 43.0. The lowest BCUT2D eigenvalue weighted by Gasteiger charge is -2.33. The fourth-order valence-corrected chi connectivity index (χ4v) is 12.8. The van der Waals surface area contributed by atoms with E-state index in [0.717, 1.165) is 90.7 Å². The Hall–Kier alpha value is -6.24. The minimum absolute atomic E-state index is 0. The Morgan fingerprint density at radius 1 is 0.455 bits per heavy atom. The monoisotopic (exact) mass is 2190 g/mol. The van der Waals surface area contributed by atoms with Crippen LogP contribution in [-0.2, 0) is 106 Å². The Labute approximate surface area is 857 Å². The number of ether oxygens (including phenoxy) is 10. The molecule has 0 aliphatic heterocycles. The molecule has 46 heteroatoms. The van der Waals surface area contributed by atoms with E-state index in [-0.39, 0.29) is 66.4 Å². The van der Waals surface area contributed by atoms with Crippen LogP contribution in [0.5, 0.6) is 0 Å². The highest BCUT2D eigenvalue weighted by Gasteiger charge is 2.55. The van der Waals surface area contributed by atoms with Gasteiger partial charge in [0.25, 0.3) is 3.12 Å². The number of hydrogen-bond acceptors (Lipinski definition) is 36. The summed E-state index contributed by atoms with van der Waals surface area (Å²) in [6.45, 7) is 48.9. The van der Waals surface area contributed by atoms with Crippen molar-refractivity contribution < 1.29 is 105 Å². The van der Waals surface area contributed by atoms with E-state index in [1.807, 2.05) is 51.1 Å². The molecule has 4 aromatic heterocycles. The lowest BCUT2D eigenvalue weighted by Crippen LogP contribution is -2.50. The number of carbonyl (C=O) groups excluding carboxylic acids is 10. The fourth-order valence-electron chi connectivity index (χ4n) is 9.42. The van der Waals surface area contributed by atoms with Crippen molar-refractivity contribution >= 4 is 231 Å². The van der Waals surface area contributed by atoms with Crippen molar-refractivity contribution in [2.24, 2.45) is 11.7 Å². The van der Waals surface area contributed by atoms with Gasteiger partial charge in [-0.05, 0) is 330 Å². The predicted molar refractivity (Wildman–Crippen MR) is 541 cm³/mol. The van der Waals surface area contributed by atoms with Crippen molar-refractivity contribution in [3.8, 4) is 0 Å². The van der Waals surface area contributed by atoms with Gasteiger partial charge in [0.2, 0.25) is 14.3 Å². The number of halogens is 8. The van der Waals surface area contributed by atoms with Gasteiger partial charge >= 0.3 is 65.7 Å². The van der Waals surface area contributed by atoms with Gasteiger partial charge in [0.1, 0.15) is 79.3 Å². The van der Waals surface area contributed by atoms with Crippen LogP contribution in [-0.4, -0.2) is 183 Å². The van der Waals surface area contributed by atoms with Crippen LogP contribution in [0.3, 0.4) is 0 Å². The summed E-state index contributed by atoms with van der Waals surface area (Å²) in [6, 6.07) is 9.49. The van der Waals surface area contributed by atoms with E-state index >= 15 is 0 Å². The Morgan fingerprint density at radius 2 is 0.761 bits per heavy atom. The highest BCUT2D eigenvalue weighted by Crippen LogP contribution is 2.41. The van der Waals surface area contributed by atoms with Gasteiger partial charge < -0.3 is 63.9 Å². The molecule has 770 valence electrons. The van der Waals surface area contributed by atoms with Crippen molar-refractivity contribution in [1.82, 2.24) is 37.4 Å². The third-order valence-corrected chi connectivity index (χ3v) is 20.8. The molecule has 4 heterocycles. The van der Waals surface area contributed by atoms with E-state index < -0.39 is 95.8 Å². The van der Waals surface area contributed by atoms with Crippen molar-refractivity contribution in [2.45, 2.75) is 363 Å². The van der Waals surface area contributed by atoms with Gasteiger partial charge in [0.15, 0.2) is 5.92 Å². The van der Waals surface area contributed by atoms with E-state index in [1.165, 1.54) is 30.0 Å². The summed E-state index contributed by atoms with van der Waals surface area (Å²) in [5.74, 6) is -4.05. The number of anilines is 1. The highest BCUT2D eigenvalue weighted by atomic mass is 79.9. The summed E-state index contributed by atoms with van der Waals surface area (Å²) in [5, 5.41) is 17.3. The van der Waals surface area contributed by atoms with Gasteiger partial charge in [-0.2, -0.15) is 17.5 Å². The minimum atomic E-state index is -1.71. The van der Waals surface area contributed by atoms with Crippen LogP contribution in [0.1, 0.15) is 327 Å². The second kappa shape index (κ2) is 74.8. The Bertz CT molecular complexity index is 3970. The number of unbranched alkanes of at least 4 members (excludes halogenated alkanes) is 8. The second-order valence-corrected chi connectivity index (χ2v) is 43.6.